The number of likely N-dealkylation sites (N-methyl/N-ethyl adjacent to an activating group) is 1. The van der Waals surface area contributed by atoms with Crippen LogP contribution in [0.4, 0.5) is 0 Å². The maximum absolute atomic E-state index is 11.2. The summed E-state index contributed by atoms with van der Waals surface area (Å²) < 4.78 is 1.44. The molecule has 0 aliphatic carbocycles. The molecule has 5 heteroatoms. The first-order valence-corrected chi connectivity index (χ1v) is 3.81. The van der Waals surface area contributed by atoms with Gasteiger partial charge in [-0.2, -0.15) is 5.10 Å². The minimum Gasteiger partial charge on any atom is -0.347 e. The Morgan fingerprint density at radius 3 is 2.85 bits per heavy atom. The highest BCUT2D eigenvalue weighted by Crippen LogP contribution is 1.94. The lowest BCUT2D eigenvalue weighted by Crippen LogP contribution is -2.26. The quantitative estimate of drug-likeness (QED) is 0.606. The standard InChI is InChI=1S/C8H11N3O2/c1-10(2)8(13)5-11-4-7(6-12)3-9-11/h3-4,6H,5H2,1-2H3. The number of carbonyl (C=O) groups excluding carboxylic acids is 2. The maximum Gasteiger partial charge on any atom is 0.243 e. The van der Waals surface area contributed by atoms with Gasteiger partial charge in [0.1, 0.15) is 6.54 Å². The lowest BCUT2D eigenvalue weighted by molar-refractivity contribution is -0.129. The predicted octanol–water partition coefficient (Wildman–Crippen LogP) is -0.216. The average Bonchev–Trinajstić information content (AvgIpc) is 2.52. The first-order chi connectivity index (χ1) is 6.13. The second-order valence-corrected chi connectivity index (χ2v) is 2.88. The summed E-state index contributed by atoms with van der Waals surface area (Å²) in [4.78, 5) is 23.0. The molecule has 70 valence electrons. The number of rotatable bonds is 3. The van der Waals surface area contributed by atoms with E-state index in [4.69, 9.17) is 0 Å². The van der Waals surface area contributed by atoms with Gasteiger partial charge in [-0.25, -0.2) is 0 Å². The van der Waals surface area contributed by atoms with Crippen molar-refractivity contribution in [3.05, 3.63) is 18.0 Å². The zero-order chi connectivity index (χ0) is 9.84. The Balaban J connectivity index is 2.64. The molecule has 0 aromatic carbocycles. The van der Waals surface area contributed by atoms with Crippen LogP contribution in [0.3, 0.4) is 0 Å². The van der Waals surface area contributed by atoms with Crippen LogP contribution >= 0.6 is 0 Å². The van der Waals surface area contributed by atoms with Crippen LogP contribution in [0.15, 0.2) is 12.4 Å². The first-order valence-electron chi connectivity index (χ1n) is 3.81. The lowest BCUT2D eigenvalue weighted by Gasteiger charge is -2.09. The van der Waals surface area contributed by atoms with Gasteiger partial charge in [-0.05, 0) is 0 Å². The zero-order valence-corrected chi connectivity index (χ0v) is 7.60. The van der Waals surface area contributed by atoms with Crippen LogP contribution in [0.25, 0.3) is 0 Å². The van der Waals surface area contributed by atoms with Gasteiger partial charge in [0.25, 0.3) is 0 Å². The van der Waals surface area contributed by atoms with Gasteiger partial charge in [0.2, 0.25) is 5.91 Å². The molecular formula is C8H11N3O2. The van der Waals surface area contributed by atoms with Gasteiger partial charge >= 0.3 is 0 Å². The molecule has 0 unspecified atom stereocenters. The van der Waals surface area contributed by atoms with E-state index < -0.39 is 0 Å². The van der Waals surface area contributed by atoms with Gasteiger partial charge in [0.15, 0.2) is 6.29 Å². The summed E-state index contributed by atoms with van der Waals surface area (Å²) in [6, 6.07) is 0. The molecule has 0 spiro atoms. The highest BCUT2D eigenvalue weighted by Gasteiger charge is 2.05. The Morgan fingerprint density at radius 2 is 2.38 bits per heavy atom. The molecule has 0 N–H and O–H groups in total. The van der Waals surface area contributed by atoms with Crippen molar-refractivity contribution in [2.45, 2.75) is 6.54 Å². The number of nitrogens with zero attached hydrogens (tertiary/aromatic N) is 3. The number of hydrogen-bond acceptors (Lipinski definition) is 3. The van der Waals surface area contributed by atoms with Crippen LogP contribution < -0.4 is 0 Å². The fourth-order valence-corrected chi connectivity index (χ4v) is 0.807. The average molecular weight is 181 g/mol. The molecule has 0 saturated carbocycles. The van der Waals surface area contributed by atoms with Crippen LogP contribution in [0, 0.1) is 0 Å². The van der Waals surface area contributed by atoms with E-state index in [2.05, 4.69) is 5.10 Å². The highest BCUT2D eigenvalue weighted by molar-refractivity contribution is 5.76. The van der Waals surface area contributed by atoms with E-state index in [1.54, 1.807) is 14.1 Å². The molecule has 0 radical (unpaired) electrons. The SMILES string of the molecule is CN(C)C(=O)Cn1cc(C=O)cn1. The van der Waals surface area contributed by atoms with Crippen molar-refractivity contribution < 1.29 is 9.59 Å². The third-order valence-corrected chi connectivity index (χ3v) is 1.59. The van der Waals surface area contributed by atoms with E-state index in [0.717, 1.165) is 0 Å². The van der Waals surface area contributed by atoms with E-state index in [1.807, 2.05) is 0 Å². The lowest BCUT2D eigenvalue weighted by atomic mass is 10.4. The summed E-state index contributed by atoms with van der Waals surface area (Å²) in [6.45, 7) is 0.167. The molecule has 13 heavy (non-hydrogen) atoms. The van der Waals surface area contributed by atoms with Gasteiger partial charge in [0, 0.05) is 20.3 Å². The number of hydrogen-bond donors (Lipinski definition) is 0. The van der Waals surface area contributed by atoms with Gasteiger partial charge in [-0.15, -0.1) is 0 Å². The van der Waals surface area contributed by atoms with Crippen molar-refractivity contribution in [2.75, 3.05) is 14.1 Å². The molecule has 1 amide bonds. The number of carbonyl (C=O) groups is 2. The Labute approximate surface area is 75.9 Å². The fraction of sp³-hybridized carbons (Fsp3) is 0.375. The van der Waals surface area contributed by atoms with Gasteiger partial charge < -0.3 is 4.90 Å². The summed E-state index contributed by atoms with van der Waals surface area (Å²) in [6.07, 6.45) is 3.66. The van der Waals surface area contributed by atoms with Crippen molar-refractivity contribution in [1.82, 2.24) is 14.7 Å². The molecule has 1 aromatic heterocycles. The Kier molecular flexibility index (Phi) is 2.79. The molecule has 0 atom stereocenters. The second-order valence-electron chi connectivity index (χ2n) is 2.88. The minimum absolute atomic E-state index is 0.0550. The molecule has 0 bridgehead atoms. The van der Waals surface area contributed by atoms with E-state index in [0.29, 0.717) is 11.8 Å². The summed E-state index contributed by atoms with van der Waals surface area (Å²) in [5, 5.41) is 3.85. The first kappa shape index (κ1) is 9.44. The summed E-state index contributed by atoms with van der Waals surface area (Å²) >= 11 is 0. The van der Waals surface area contributed by atoms with Crippen molar-refractivity contribution in [2.24, 2.45) is 0 Å². The summed E-state index contributed by atoms with van der Waals surface area (Å²) in [5.41, 5.74) is 0.478. The number of aromatic nitrogens is 2. The molecule has 1 rings (SSSR count). The molecule has 0 aliphatic rings. The van der Waals surface area contributed by atoms with E-state index in [9.17, 15) is 9.59 Å². The molecule has 0 saturated heterocycles. The van der Waals surface area contributed by atoms with Crippen LogP contribution in [-0.2, 0) is 11.3 Å². The van der Waals surface area contributed by atoms with Crippen LogP contribution in [0.1, 0.15) is 10.4 Å². The maximum atomic E-state index is 11.2. The molecule has 0 fully saturated rings. The molecule has 1 aromatic rings. The highest BCUT2D eigenvalue weighted by atomic mass is 16.2. The van der Waals surface area contributed by atoms with Crippen LogP contribution in [0.5, 0.6) is 0 Å². The molecule has 1 heterocycles. The minimum atomic E-state index is -0.0550. The third kappa shape index (κ3) is 2.40. The Bertz CT molecular complexity index is 317. The van der Waals surface area contributed by atoms with Crippen molar-refractivity contribution in [3.8, 4) is 0 Å². The summed E-state index contributed by atoms with van der Waals surface area (Å²) in [5.74, 6) is -0.0550. The normalized spacial score (nSPS) is 9.69. The topological polar surface area (TPSA) is 55.2 Å². The van der Waals surface area contributed by atoms with Crippen LogP contribution in [0.2, 0.25) is 0 Å². The monoisotopic (exact) mass is 181 g/mol. The molecule has 0 aliphatic heterocycles. The summed E-state index contributed by atoms with van der Waals surface area (Å²) in [7, 11) is 3.35. The number of amides is 1. The Morgan fingerprint density at radius 1 is 1.69 bits per heavy atom. The van der Waals surface area contributed by atoms with E-state index in [-0.39, 0.29) is 12.5 Å². The predicted molar refractivity (Wildman–Crippen MR) is 46.3 cm³/mol. The smallest absolute Gasteiger partial charge is 0.243 e. The molecule has 5 nitrogen and oxygen atoms in total. The number of aldehydes is 1. The van der Waals surface area contributed by atoms with E-state index in [1.165, 1.54) is 22.0 Å². The van der Waals surface area contributed by atoms with Crippen molar-refractivity contribution in [1.29, 1.82) is 0 Å². The third-order valence-electron chi connectivity index (χ3n) is 1.59. The van der Waals surface area contributed by atoms with Gasteiger partial charge in [-0.3, -0.25) is 14.3 Å². The zero-order valence-electron chi connectivity index (χ0n) is 7.60. The largest absolute Gasteiger partial charge is 0.347 e. The van der Waals surface area contributed by atoms with E-state index >= 15 is 0 Å². The van der Waals surface area contributed by atoms with Gasteiger partial charge in [-0.1, -0.05) is 0 Å². The van der Waals surface area contributed by atoms with Gasteiger partial charge in [0.05, 0.1) is 11.8 Å². The second kappa shape index (κ2) is 3.84. The Hall–Kier alpha value is -1.65. The van der Waals surface area contributed by atoms with Crippen molar-refractivity contribution >= 4 is 12.2 Å². The van der Waals surface area contributed by atoms with Crippen LogP contribution in [-0.4, -0.2) is 41.0 Å². The fourth-order valence-electron chi connectivity index (χ4n) is 0.807. The van der Waals surface area contributed by atoms with Crippen molar-refractivity contribution in [3.63, 3.8) is 0 Å². The molecular weight excluding hydrogens is 170 g/mol.